The monoisotopic (exact) mass is 425 g/mol. The van der Waals surface area contributed by atoms with E-state index in [1.165, 1.54) is 18.0 Å². The van der Waals surface area contributed by atoms with Gasteiger partial charge in [0.05, 0.1) is 17.9 Å². The Labute approximate surface area is 178 Å². The molecule has 160 valence electrons. The number of hydrogen-bond acceptors (Lipinski definition) is 4. The van der Waals surface area contributed by atoms with Gasteiger partial charge in [0.2, 0.25) is 0 Å². The number of rotatable bonds is 3. The van der Waals surface area contributed by atoms with Crippen molar-refractivity contribution in [3.05, 3.63) is 71.4 Å². The van der Waals surface area contributed by atoms with Crippen LogP contribution in [0.5, 0.6) is 0 Å². The molecule has 5 rings (SSSR count). The van der Waals surface area contributed by atoms with Crippen molar-refractivity contribution in [1.29, 1.82) is 0 Å². The smallest absolute Gasteiger partial charge is 0.370 e. The van der Waals surface area contributed by atoms with Crippen LogP contribution in [0.15, 0.2) is 54.4 Å². The van der Waals surface area contributed by atoms with E-state index >= 15 is 0 Å². The van der Waals surface area contributed by atoms with Crippen LogP contribution in [0.3, 0.4) is 0 Å². The molecule has 0 N–H and O–H groups in total. The zero-order valence-electron chi connectivity index (χ0n) is 17.1. The molecule has 0 amide bonds. The maximum Gasteiger partial charge on any atom is 0.433 e. The lowest BCUT2D eigenvalue weighted by molar-refractivity contribution is -0.141. The van der Waals surface area contributed by atoms with Crippen LogP contribution in [0, 0.1) is 6.92 Å². The van der Waals surface area contributed by atoms with Crippen LogP contribution in [0.2, 0.25) is 0 Å². The molecular weight excluding hydrogens is 403 g/mol. The first kappa shape index (κ1) is 19.7. The Bertz CT molecular complexity index is 1120. The Morgan fingerprint density at radius 2 is 1.68 bits per heavy atom. The van der Waals surface area contributed by atoms with Gasteiger partial charge < -0.3 is 9.80 Å². The standard InChI is InChI=1S/C23H22F3N5/c1-16-12-18-13-19(15-31(18)28-16)29-8-10-30(11-9-29)21-5-3-2-4-20(21)17-6-7-22(27-14-17)23(24,25)26/h2-7,12-14H,8-11,15H2,1H3. The summed E-state index contributed by atoms with van der Waals surface area (Å²) in [5.41, 5.74) is 5.19. The molecule has 0 bridgehead atoms. The first-order valence-electron chi connectivity index (χ1n) is 10.3. The first-order chi connectivity index (χ1) is 14.9. The minimum absolute atomic E-state index is 0.685. The second-order valence-electron chi connectivity index (χ2n) is 7.93. The number of allylic oxidation sites excluding steroid dienone is 1. The van der Waals surface area contributed by atoms with Crippen molar-refractivity contribution < 1.29 is 13.2 Å². The molecule has 8 heteroatoms. The fourth-order valence-electron chi connectivity index (χ4n) is 4.32. The van der Waals surface area contributed by atoms with Crippen LogP contribution < -0.4 is 4.90 Å². The number of piperazine rings is 1. The summed E-state index contributed by atoms with van der Waals surface area (Å²) in [7, 11) is 0. The summed E-state index contributed by atoms with van der Waals surface area (Å²) in [5.74, 6) is 0. The molecule has 0 unspecified atom stereocenters. The molecule has 5 nitrogen and oxygen atoms in total. The molecule has 3 aromatic rings. The Hall–Kier alpha value is -3.29. The van der Waals surface area contributed by atoms with Crippen molar-refractivity contribution in [2.75, 3.05) is 31.1 Å². The maximum atomic E-state index is 12.9. The van der Waals surface area contributed by atoms with E-state index in [1.807, 2.05) is 35.9 Å². The van der Waals surface area contributed by atoms with Crippen molar-refractivity contribution in [2.45, 2.75) is 19.6 Å². The molecule has 0 spiro atoms. The zero-order chi connectivity index (χ0) is 21.6. The van der Waals surface area contributed by atoms with E-state index in [0.29, 0.717) is 5.56 Å². The van der Waals surface area contributed by atoms with Crippen LogP contribution >= 0.6 is 0 Å². The fourth-order valence-corrected chi connectivity index (χ4v) is 4.32. The molecular formula is C23H22F3N5. The topological polar surface area (TPSA) is 37.2 Å². The second-order valence-corrected chi connectivity index (χ2v) is 7.93. The van der Waals surface area contributed by atoms with Gasteiger partial charge >= 0.3 is 6.18 Å². The minimum atomic E-state index is -4.43. The summed E-state index contributed by atoms with van der Waals surface area (Å²) in [6.45, 7) is 6.25. The minimum Gasteiger partial charge on any atom is -0.370 e. The highest BCUT2D eigenvalue weighted by Gasteiger charge is 2.32. The number of nitrogens with zero attached hydrogens (tertiary/aromatic N) is 5. The number of hydrogen-bond donors (Lipinski definition) is 0. The molecule has 31 heavy (non-hydrogen) atoms. The van der Waals surface area contributed by atoms with Gasteiger partial charge in [-0.1, -0.05) is 24.3 Å². The highest BCUT2D eigenvalue weighted by molar-refractivity contribution is 5.78. The average molecular weight is 425 g/mol. The Morgan fingerprint density at radius 1 is 0.935 bits per heavy atom. The van der Waals surface area contributed by atoms with Crippen LogP contribution in [-0.2, 0) is 12.7 Å². The number of halogens is 3. The Morgan fingerprint density at radius 3 is 2.35 bits per heavy atom. The van der Waals surface area contributed by atoms with Crippen molar-refractivity contribution in [3.63, 3.8) is 0 Å². The van der Waals surface area contributed by atoms with E-state index in [0.717, 1.165) is 61.4 Å². The first-order valence-corrected chi connectivity index (χ1v) is 10.3. The molecule has 0 aliphatic carbocycles. The van der Waals surface area contributed by atoms with Gasteiger partial charge in [0, 0.05) is 54.9 Å². The average Bonchev–Trinajstić information content (AvgIpc) is 3.31. The molecule has 0 atom stereocenters. The van der Waals surface area contributed by atoms with Gasteiger partial charge in [-0.3, -0.25) is 9.67 Å². The van der Waals surface area contributed by atoms with Gasteiger partial charge in [-0.15, -0.1) is 0 Å². The lowest BCUT2D eigenvalue weighted by Crippen LogP contribution is -2.46. The van der Waals surface area contributed by atoms with Crippen molar-refractivity contribution in [1.82, 2.24) is 19.7 Å². The highest BCUT2D eigenvalue weighted by atomic mass is 19.4. The maximum absolute atomic E-state index is 12.9. The van der Waals surface area contributed by atoms with E-state index in [4.69, 9.17) is 0 Å². The third kappa shape index (κ3) is 3.78. The van der Waals surface area contributed by atoms with Crippen molar-refractivity contribution in [2.24, 2.45) is 0 Å². The van der Waals surface area contributed by atoms with Gasteiger partial charge in [0.15, 0.2) is 0 Å². The van der Waals surface area contributed by atoms with Gasteiger partial charge in [0.25, 0.3) is 0 Å². The third-order valence-corrected chi connectivity index (χ3v) is 5.86. The molecule has 2 aliphatic rings. The molecule has 0 saturated carbocycles. The molecule has 1 fully saturated rings. The van der Waals surface area contributed by atoms with E-state index in [-0.39, 0.29) is 0 Å². The van der Waals surface area contributed by atoms with Crippen molar-refractivity contribution >= 4 is 11.8 Å². The van der Waals surface area contributed by atoms with Crippen molar-refractivity contribution in [3.8, 4) is 11.1 Å². The van der Waals surface area contributed by atoms with Crippen LogP contribution in [-0.4, -0.2) is 45.8 Å². The summed E-state index contributed by atoms with van der Waals surface area (Å²) in [6, 6.07) is 12.5. The van der Waals surface area contributed by atoms with Crippen LogP contribution in [0.1, 0.15) is 17.1 Å². The number of benzene rings is 1. The predicted octanol–water partition coefficient (Wildman–Crippen LogP) is 4.45. The lowest BCUT2D eigenvalue weighted by Gasteiger charge is -2.38. The quantitative estimate of drug-likeness (QED) is 0.622. The number of para-hydroxylation sites is 1. The predicted molar refractivity (Wildman–Crippen MR) is 113 cm³/mol. The lowest BCUT2D eigenvalue weighted by atomic mass is 10.0. The van der Waals surface area contributed by atoms with E-state index in [2.05, 4.69) is 32.0 Å². The molecule has 1 aromatic carbocycles. The van der Waals surface area contributed by atoms with Crippen LogP contribution in [0.4, 0.5) is 18.9 Å². The summed E-state index contributed by atoms with van der Waals surface area (Å²) in [4.78, 5) is 8.32. The molecule has 2 aromatic heterocycles. The SMILES string of the molecule is Cc1cc2n(n1)CC(N1CCN(c3ccccc3-c3ccc(C(F)(F)F)nc3)CC1)=C2. The largest absolute Gasteiger partial charge is 0.433 e. The number of anilines is 1. The van der Waals surface area contributed by atoms with E-state index < -0.39 is 11.9 Å². The van der Waals surface area contributed by atoms with E-state index in [1.54, 1.807) is 0 Å². The van der Waals surface area contributed by atoms with E-state index in [9.17, 15) is 13.2 Å². The molecule has 1 saturated heterocycles. The van der Waals surface area contributed by atoms with Gasteiger partial charge in [-0.05, 0) is 31.2 Å². The number of pyridine rings is 1. The van der Waals surface area contributed by atoms with Gasteiger partial charge in [-0.2, -0.15) is 18.3 Å². The Kier molecular flexibility index (Phi) is 4.72. The number of fused-ring (bicyclic) bond motifs is 1. The molecule has 2 aliphatic heterocycles. The number of aromatic nitrogens is 3. The van der Waals surface area contributed by atoms with Gasteiger partial charge in [-0.25, -0.2) is 0 Å². The number of alkyl halides is 3. The number of aryl methyl sites for hydroxylation is 1. The summed E-state index contributed by atoms with van der Waals surface area (Å²) >= 11 is 0. The van der Waals surface area contributed by atoms with Crippen LogP contribution in [0.25, 0.3) is 17.2 Å². The zero-order valence-corrected chi connectivity index (χ0v) is 17.1. The molecule has 4 heterocycles. The third-order valence-electron chi connectivity index (χ3n) is 5.86. The summed E-state index contributed by atoms with van der Waals surface area (Å²) in [6.07, 6.45) is -0.916. The molecule has 0 radical (unpaired) electrons. The highest BCUT2D eigenvalue weighted by Crippen LogP contribution is 2.34. The summed E-state index contributed by atoms with van der Waals surface area (Å²) in [5, 5.41) is 4.52. The van der Waals surface area contributed by atoms with Gasteiger partial charge in [0.1, 0.15) is 5.69 Å². The normalized spacial score (nSPS) is 16.5. The summed E-state index contributed by atoms with van der Waals surface area (Å²) < 4.78 is 40.6. The Balaban J connectivity index is 1.31. The second kappa shape index (κ2) is 7.44. The fraction of sp³-hybridized carbons (Fsp3) is 0.304.